The second-order valence-corrected chi connectivity index (χ2v) is 21.3. The van der Waals surface area contributed by atoms with Gasteiger partial charge in [-0.2, -0.15) is 0 Å². The lowest BCUT2D eigenvalue weighted by Crippen LogP contribution is -2.72. The fraction of sp³-hybridized carbons (Fsp3) is 0.804. The Morgan fingerprint density at radius 1 is 0.536 bits per heavy atom. The molecule has 0 bridgehead atoms. The van der Waals surface area contributed by atoms with Gasteiger partial charge in [0.15, 0.2) is 0 Å². The van der Waals surface area contributed by atoms with Crippen LogP contribution in [0.3, 0.4) is 0 Å². The van der Waals surface area contributed by atoms with E-state index in [1.165, 1.54) is 173 Å². The van der Waals surface area contributed by atoms with Crippen LogP contribution in [0.25, 0.3) is 0 Å². The normalized spacial score (nSPS) is 44.6. The smallest absolute Gasteiger partial charge is 0.0661 e. The van der Waals surface area contributed by atoms with E-state index in [4.69, 9.17) is 0 Å². The van der Waals surface area contributed by atoms with Crippen molar-refractivity contribution in [3.8, 4) is 0 Å². The highest BCUT2D eigenvalue weighted by atomic mass is 15.4. The lowest BCUT2D eigenvalue weighted by Gasteiger charge is -2.49. The second-order valence-electron chi connectivity index (χ2n) is 21.3. The minimum atomic E-state index is 0.388. The zero-order valence-electron chi connectivity index (χ0n) is 35.0. The number of rotatable bonds is 6. The summed E-state index contributed by atoms with van der Waals surface area (Å²) in [5.41, 5.74) is 4.96. The molecule has 0 aromatic heterocycles. The summed E-state index contributed by atoms with van der Waals surface area (Å²) in [6.45, 7) is 0. The lowest BCUT2D eigenvalue weighted by atomic mass is 9.69. The van der Waals surface area contributed by atoms with E-state index in [9.17, 15) is 0 Å². The van der Waals surface area contributed by atoms with Crippen molar-refractivity contribution in [1.29, 1.82) is 0 Å². The van der Waals surface area contributed by atoms with E-state index in [2.05, 4.69) is 68.3 Å². The maximum absolute atomic E-state index is 4.36. The van der Waals surface area contributed by atoms with Gasteiger partial charge < -0.3 is 9.80 Å². The highest BCUT2D eigenvalue weighted by Crippen LogP contribution is 2.58. The molecule has 11 aliphatic rings. The molecule has 11 unspecified atom stereocenters. The Bertz CT molecular complexity index is 1540. The van der Waals surface area contributed by atoms with Gasteiger partial charge in [-0.25, -0.2) is 0 Å². The predicted octanol–water partition coefficient (Wildman–Crippen LogP) is 11.0. The van der Waals surface area contributed by atoms with Crippen LogP contribution in [0.2, 0.25) is 0 Å². The molecule has 3 N–H and O–H groups in total. The largest absolute Gasteiger partial charge is 0.365 e. The second kappa shape index (κ2) is 16.3. The number of nitrogens with zero attached hydrogens (tertiary/aromatic N) is 2. The summed E-state index contributed by atoms with van der Waals surface area (Å²) in [5.74, 6) is 7.29. The lowest BCUT2D eigenvalue weighted by molar-refractivity contribution is 0.0593. The first-order chi connectivity index (χ1) is 27.8. The van der Waals surface area contributed by atoms with Gasteiger partial charge >= 0.3 is 0 Å². The van der Waals surface area contributed by atoms with Crippen LogP contribution in [0, 0.1) is 53.3 Å². The first-order valence-electron chi connectivity index (χ1n) is 25.1. The van der Waals surface area contributed by atoms with Gasteiger partial charge in [-0.05, 0) is 150 Å². The number of hydrogen-bond acceptors (Lipinski definition) is 5. The van der Waals surface area contributed by atoms with Gasteiger partial charge in [-0.1, -0.05) is 94.6 Å². The van der Waals surface area contributed by atoms with Crippen molar-refractivity contribution in [3.05, 3.63) is 59.6 Å². The summed E-state index contributed by atoms with van der Waals surface area (Å²) in [7, 11) is 0. The molecule has 0 spiro atoms. The van der Waals surface area contributed by atoms with Crippen molar-refractivity contribution >= 4 is 0 Å². The number of fused-ring (bicyclic) bond motifs is 6. The van der Waals surface area contributed by atoms with Crippen LogP contribution in [0.4, 0.5) is 0 Å². The summed E-state index contributed by atoms with van der Waals surface area (Å²) in [5, 5.41) is 13.0. The Labute approximate surface area is 341 Å². The topological polar surface area (TPSA) is 42.6 Å². The zero-order valence-corrected chi connectivity index (χ0v) is 35.0. The van der Waals surface area contributed by atoms with Gasteiger partial charge in [0.1, 0.15) is 0 Å². The summed E-state index contributed by atoms with van der Waals surface area (Å²) in [6.07, 6.45) is 56.3. The van der Waals surface area contributed by atoms with E-state index in [1.54, 1.807) is 11.4 Å². The molecule has 0 aromatic rings. The first kappa shape index (κ1) is 37.2. The standard InChI is InChI=1S/C51H77N5/c1-4-15-34(16-5-1)35-27-29-37(30-28-35)50-52-49(36-17-6-2-7-18-36)53-51(54-50)38-19-14-22-40(31-38)56-46-26-13-11-24-42(46)44-32-43-41-23-10-12-25-45(41)55(47(43)33-48(44)56)39-20-8-3-9-21-39/h8,10,20-21,23,31,33-38,41-46,48-54H,1-7,9,11-19,22,24-30,32H2. The molecule has 8 aliphatic carbocycles. The van der Waals surface area contributed by atoms with E-state index in [1.807, 2.05) is 0 Å². The summed E-state index contributed by atoms with van der Waals surface area (Å²) >= 11 is 0. The SMILES string of the molecule is C1=CC(N2C3=CC4C(CC3C3C=CCCC32)C2CCCCC2N4C2=CC(C3NC(C4CCCCC4)NC(C4CCC(C5CCCCC5)CC4)N3)CCC2)=CCC1. The maximum Gasteiger partial charge on any atom is 0.0661 e. The van der Waals surface area contributed by atoms with Crippen molar-refractivity contribution in [2.45, 2.75) is 204 Å². The quantitative estimate of drug-likeness (QED) is 0.235. The number of nitrogens with one attached hydrogen (secondary N) is 3. The van der Waals surface area contributed by atoms with E-state index in [-0.39, 0.29) is 0 Å². The fourth-order valence-electron chi connectivity index (χ4n) is 15.7. The molecule has 56 heavy (non-hydrogen) atoms. The van der Waals surface area contributed by atoms with Gasteiger partial charge in [-0.3, -0.25) is 16.0 Å². The van der Waals surface area contributed by atoms with Crippen LogP contribution < -0.4 is 16.0 Å². The van der Waals surface area contributed by atoms with Crippen LogP contribution in [0.1, 0.15) is 167 Å². The molecular weight excluding hydrogens is 683 g/mol. The van der Waals surface area contributed by atoms with Crippen LogP contribution >= 0.6 is 0 Å². The van der Waals surface area contributed by atoms with Crippen molar-refractivity contribution in [1.82, 2.24) is 25.8 Å². The molecule has 11 rings (SSSR count). The Hall–Kier alpha value is -1.82. The number of allylic oxidation sites excluding steroid dienone is 6. The molecule has 0 radical (unpaired) electrons. The molecule has 306 valence electrons. The third kappa shape index (κ3) is 6.96. The van der Waals surface area contributed by atoms with Gasteiger partial charge in [0.2, 0.25) is 0 Å². The van der Waals surface area contributed by atoms with Crippen LogP contribution in [0.15, 0.2) is 59.6 Å². The van der Waals surface area contributed by atoms with Crippen LogP contribution in [0.5, 0.6) is 0 Å². The van der Waals surface area contributed by atoms with Crippen LogP contribution in [-0.4, -0.2) is 46.4 Å². The number of likely N-dealkylation sites (tertiary alicyclic amines) is 2. The highest BCUT2D eigenvalue weighted by molar-refractivity contribution is 5.38. The molecule has 3 heterocycles. The van der Waals surface area contributed by atoms with Gasteiger partial charge in [0.25, 0.3) is 0 Å². The van der Waals surface area contributed by atoms with E-state index in [0.717, 1.165) is 41.5 Å². The van der Waals surface area contributed by atoms with Crippen molar-refractivity contribution in [3.63, 3.8) is 0 Å². The Kier molecular flexibility index (Phi) is 10.8. The van der Waals surface area contributed by atoms with Gasteiger partial charge in [0.05, 0.1) is 24.5 Å². The third-order valence-electron chi connectivity index (χ3n) is 18.4. The van der Waals surface area contributed by atoms with E-state index in [0.29, 0.717) is 48.3 Å². The highest BCUT2D eigenvalue weighted by Gasteiger charge is 2.56. The zero-order chi connectivity index (χ0) is 37.0. The first-order valence-corrected chi connectivity index (χ1v) is 25.1. The Morgan fingerprint density at radius 2 is 1.23 bits per heavy atom. The molecule has 7 fully saturated rings. The van der Waals surface area contributed by atoms with Gasteiger partial charge in [-0.15, -0.1) is 0 Å². The molecule has 0 aromatic carbocycles. The van der Waals surface area contributed by atoms with Crippen molar-refractivity contribution in [2.24, 2.45) is 53.3 Å². The predicted molar refractivity (Wildman–Crippen MR) is 230 cm³/mol. The van der Waals surface area contributed by atoms with E-state index < -0.39 is 0 Å². The Balaban J connectivity index is 0.873. The van der Waals surface area contributed by atoms with Crippen LogP contribution in [-0.2, 0) is 0 Å². The minimum Gasteiger partial charge on any atom is -0.365 e. The Morgan fingerprint density at radius 3 is 2.02 bits per heavy atom. The average molecular weight is 760 g/mol. The molecule has 3 saturated heterocycles. The van der Waals surface area contributed by atoms with E-state index >= 15 is 0 Å². The molecule has 0 amide bonds. The molecule has 3 aliphatic heterocycles. The fourth-order valence-corrected chi connectivity index (χ4v) is 15.7. The average Bonchev–Trinajstić information content (AvgIpc) is 3.78. The third-order valence-corrected chi connectivity index (χ3v) is 18.4. The summed E-state index contributed by atoms with van der Waals surface area (Å²) < 4.78 is 0. The molecule has 5 nitrogen and oxygen atoms in total. The molecule has 11 atom stereocenters. The maximum atomic E-state index is 4.36. The molecular formula is C51H77N5. The van der Waals surface area contributed by atoms with Gasteiger partial charge in [0, 0.05) is 46.9 Å². The molecule has 5 heteroatoms. The number of hydrogen-bond donors (Lipinski definition) is 3. The summed E-state index contributed by atoms with van der Waals surface area (Å²) in [4.78, 5) is 6.01. The molecule has 4 saturated carbocycles. The van der Waals surface area contributed by atoms with Crippen molar-refractivity contribution < 1.29 is 0 Å². The minimum absolute atomic E-state index is 0.388. The van der Waals surface area contributed by atoms with Crippen molar-refractivity contribution in [2.75, 3.05) is 0 Å². The monoisotopic (exact) mass is 760 g/mol. The summed E-state index contributed by atoms with van der Waals surface area (Å²) in [6, 6.07) is 1.98.